The summed E-state index contributed by atoms with van der Waals surface area (Å²) in [4.78, 5) is 8.00. The van der Waals surface area contributed by atoms with E-state index in [4.69, 9.17) is 21.3 Å². The van der Waals surface area contributed by atoms with Gasteiger partial charge in [0.05, 0.1) is 5.69 Å². The van der Waals surface area contributed by atoms with E-state index in [1.165, 1.54) is 6.21 Å². The number of aromatic nitrogens is 2. The van der Waals surface area contributed by atoms with Crippen LogP contribution in [0.2, 0.25) is 0 Å². The van der Waals surface area contributed by atoms with Crippen LogP contribution >= 0.6 is 0 Å². The van der Waals surface area contributed by atoms with Crippen molar-refractivity contribution >= 4 is 40.3 Å². The second kappa shape index (κ2) is 6.21. The fourth-order valence-electron chi connectivity index (χ4n) is 2.78. The number of furan rings is 1. The molecule has 2 heterocycles. The average molecular weight is 344 g/mol. The van der Waals surface area contributed by atoms with Crippen LogP contribution in [0.3, 0.4) is 0 Å². The van der Waals surface area contributed by atoms with Gasteiger partial charge in [-0.1, -0.05) is 18.2 Å². The lowest BCUT2D eigenvalue weighted by Crippen LogP contribution is -2.02. The molecule has 0 aliphatic rings. The van der Waals surface area contributed by atoms with Gasteiger partial charge in [0.15, 0.2) is 0 Å². The van der Waals surface area contributed by atoms with Crippen molar-refractivity contribution in [2.45, 2.75) is 0 Å². The van der Waals surface area contributed by atoms with E-state index < -0.39 is 0 Å². The fraction of sp³-hybridized carbons (Fsp3) is 0. The number of nitrogens with zero attached hydrogens (tertiary/aromatic N) is 2. The van der Waals surface area contributed by atoms with Gasteiger partial charge in [0.25, 0.3) is 0 Å². The van der Waals surface area contributed by atoms with Gasteiger partial charge < -0.3 is 26.6 Å². The number of nitrogen functional groups attached to an aromatic ring is 2. The summed E-state index contributed by atoms with van der Waals surface area (Å²) in [7, 11) is 0. The maximum Gasteiger partial charge on any atom is 0.221 e. The van der Waals surface area contributed by atoms with E-state index in [-0.39, 0.29) is 5.95 Å². The molecule has 0 atom stereocenters. The Morgan fingerprint density at radius 2 is 1.92 bits per heavy atom. The summed E-state index contributed by atoms with van der Waals surface area (Å²) < 4.78 is 5.93. The number of anilines is 4. The Kier molecular flexibility index (Phi) is 3.74. The van der Waals surface area contributed by atoms with Gasteiger partial charge in [0, 0.05) is 34.6 Å². The van der Waals surface area contributed by atoms with E-state index in [0.29, 0.717) is 34.1 Å². The van der Waals surface area contributed by atoms with Gasteiger partial charge in [-0.3, -0.25) is 0 Å². The van der Waals surface area contributed by atoms with E-state index in [1.807, 2.05) is 36.4 Å². The molecule has 6 N–H and O–H groups in total. The summed E-state index contributed by atoms with van der Waals surface area (Å²) in [6.07, 6.45) is 2.78. The third-order valence-corrected chi connectivity index (χ3v) is 4.01. The Morgan fingerprint density at radius 1 is 1.08 bits per heavy atom. The number of rotatable bonds is 4. The molecule has 0 aliphatic heterocycles. The van der Waals surface area contributed by atoms with Gasteiger partial charge in [0.2, 0.25) is 5.95 Å². The quantitative estimate of drug-likeness (QED) is 0.329. The third kappa shape index (κ3) is 2.82. The molecule has 0 fully saturated rings. The highest BCUT2D eigenvalue weighted by Gasteiger charge is 2.14. The lowest BCUT2D eigenvalue weighted by molar-refractivity contribution is 0.632. The first-order valence-electron chi connectivity index (χ1n) is 7.92. The van der Waals surface area contributed by atoms with Crippen LogP contribution in [-0.4, -0.2) is 16.2 Å². The lowest BCUT2D eigenvalue weighted by atomic mass is 10.0. The van der Waals surface area contributed by atoms with E-state index in [9.17, 15) is 0 Å². The second-order valence-electron chi connectivity index (χ2n) is 5.74. The zero-order chi connectivity index (χ0) is 18.1. The summed E-state index contributed by atoms with van der Waals surface area (Å²) in [5.41, 5.74) is 15.1. The van der Waals surface area contributed by atoms with Crippen molar-refractivity contribution in [3.8, 4) is 11.3 Å². The highest BCUT2D eigenvalue weighted by Crippen LogP contribution is 2.35. The van der Waals surface area contributed by atoms with Crippen LogP contribution in [0, 0.1) is 5.41 Å². The van der Waals surface area contributed by atoms with Gasteiger partial charge in [-0.25, -0.2) is 4.98 Å². The Hall–Kier alpha value is -3.87. The van der Waals surface area contributed by atoms with Gasteiger partial charge in [-0.05, 0) is 30.3 Å². The monoisotopic (exact) mass is 344 g/mol. The molecule has 0 unspecified atom stereocenters. The van der Waals surface area contributed by atoms with Crippen molar-refractivity contribution in [1.82, 2.24) is 9.97 Å². The molecular formula is C19H16N6O. The van der Waals surface area contributed by atoms with Gasteiger partial charge in [-0.15, -0.1) is 0 Å². The molecular weight excluding hydrogens is 328 g/mol. The first-order valence-corrected chi connectivity index (χ1v) is 7.92. The van der Waals surface area contributed by atoms with Gasteiger partial charge in [-0.2, -0.15) is 4.98 Å². The van der Waals surface area contributed by atoms with E-state index in [1.54, 1.807) is 18.3 Å². The van der Waals surface area contributed by atoms with Crippen LogP contribution < -0.4 is 16.8 Å². The van der Waals surface area contributed by atoms with Crippen LogP contribution in [0.15, 0.2) is 59.1 Å². The predicted octanol–water partition coefficient (Wildman–Crippen LogP) is 3.80. The smallest absolute Gasteiger partial charge is 0.221 e. The van der Waals surface area contributed by atoms with E-state index >= 15 is 0 Å². The first kappa shape index (κ1) is 15.6. The molecule has 7 heteroatoms. The minimum Gasteiger partial charge on any atom is -0.456 e. The molecule has 4 rings (SSSR count). The summed E-state index contributed by atoms with van der Waals surface area (Å²) in [6.45, 7) is 0. The van der Waals surface area contributed by atoms with Crippen molar-refractivity contribution in [2.75, 3.05) is 16.8 Å². The number of nitrogens with two attached hydrogens (primary N) is 2. The van der Waals surface area contributed by atoms with Crippen LogP contribution in [0.5, 0.6) is 0 Å². The highest BCUT2D eigenvalue weighted by atomic mass is 16.3. The van der Waals surface area contributed by atoms with Crippen molar-refractivity contribution in [2.24, 2.45) is 0 Å². The zero-order valence-corrected chi connectivity index (χ0v) is 13.7. The standard InChI is InChI=1S/C19H16N6O/c20-10-12-7-13(24-17-5-6-23-19(22)25-17)9-14(18(12)21)16-8-11-3-1-2-4-15(11)26-16/h1-10,20H,21H2,(H3,22,23,24,25). The highest BCUT2D eigenvalue weighted by molar-refractivity contribution is 5.96. The second-order valence-corrected chi connectivity index (χ2v) is 5.74. The van der Waals surface area contributed by atoms with Crippen molar-refractivity contribution in [1.29, 1.82) is 5.41 Å². The fourth-order valence-corrected chi connectivity index (χ4v) is 2.78. The molecule has 0 spiro atoms. The summed E-state index contributed by atoms with van der Waals surface area (Å²) in [5.74, 6) is 1.36. The maximum absolute atomic E-state index is 7.65. The Morgan fingerprint density at radius 3 is 2.69 bits per heavy atom. The molecule has 0 aliphatic carbocycles. The molecule has 7 nitrogen and oxygen atoms in total. The first-order chi connectivity index (χ1) is 12.6. The van der Waals surface area contributed by atoms with Crippen LogP contribution in [-0.2, 0) is 0 Å². The molecule has 128 valence electrons. The number of benzene rings is 2. The SMILES string of the molecule is N=Cc1cc(Nc2ccnc(N)n2)cc(-c2cc3ccccc3o2)c1N. The summed E-state index contributed by atoms with van der Waals surface area (Å²) in [5, 5.41) is 11.8. The molecule has 4 aromatic rings. The molecule has 0 radical (unpaired) electrons. The number of nitrogens with one attached hydrogen (secondary N) is 2. The van der Waals surface area contributed by atoms with E-state index in [0.717, 1.165) is 11.0 Å². The number of hydrogen-bond acceptors (Lipinski definition) is 7. The number of para-hydroxylation sites is 1. The van der Waals surface area contributed by atoms with Gasteiger partial charge >= 0.3 is 0 Å². The molecule has 0 amide bonds. The number of fused-ring (bicyclic) bond motifs is 1. The van der Waals surface area contributed by atoms with Crippen LogP contribution in [0.4, 0.5) is 23.1 Å². The van der Waals surface area contributed by atoms with Crippen LogP contribution in [0.25, 0.3) is 22.3 Å². The topological polar surface area (TPSA) is 127 Å². The maximum atomic E-state index is 7.65. The minimum absolute atomic E-state index is 0.176. The molecule has 0 bridgehead atoms. The Bertz CT molecular complexity index is 1090. The normalized spacial score (nSPS) is 10.8. The average Bonchev–Trinajstić information content (AvgIpc) is 3.07. The minimum atomic E-state index is 0.176. The predicted molar refractivity (Wildman–Crippen MR) is 104 cm³/mol. The van der Waals surface area contributed by atoms with Crippen molar-refractivity contribution in [3.63, 3.8) is 0 Å². The molecule has 0 saturated heterocycles. The summed E-state index contributed by atoms with van der Waals surface area (Å²) in [6, 6.07) is 15.0. The van der Waals surface area contributed by atoms with Crippen LogP contribution in [0.1, 0.15) is 5.56 Å². The number of hydrogen-bond donors (Lipinski definition) is 4. The van der Waals surface area contributed by atoms with Gasteiger partial charge in [0.1, 0.15) is 17.2 Å². The summed E-state index contributed by atoms with van der Waals surface area (Å²) >= 11 is 0. The molecule has 0 saturated carbocycles. The van der Waals surface area contributed by atoms with Crippen molar-refractivity contribution < 1.29 is 4.42 Å². The lowest BCUT2D eigenvalue weighted by Gasteiger charge is -2.12. The largest absolute Gasteiger partial charge is 0.456 e. The zero-order valence-electron chi connectivity index (χ0n) is 13.7. The third-order valence-electron chi connectivity index (χ3n) is 4.01. The van der Waals surface area contributed by atoms with Crippen molar-refractivity contribution in [3.05, 3.63) is 60.3 Å². The van der Waals surface area contributed by atoms with E-state index in [2.05, 4.69) is 15.3 Å². The Labute approximate surface area is 149 Å². The molecule has 26 heavy (non-hydrogen) atoms. The molecule has 2 aromatic heterocycles. The molecule has 2 aromatic carbocycles. The Balaban J connectivity index is 1.82.